The van der Waals surface area contributed by atoms with E-state index in [-0.39, 0.29) is 20.6 Å². The Morgan fingerprint density at radius 1 is 0.857 bits per heavy atom. The molecule has 21 heavy (non-hydrogen) atoms. The molecule has 0 aromatic heterocycles. The van der Waals surface area contributed by atoms with Gasteiger partial charge in [-0.3, -0.25) is 0 Å². The molecule has 0 aliphatic carbocycles. The highest BCUT2D eigenvalue weighted by atomic mass is 35.5. The molecule has 2 rings (SSSR count). The van der Waals surface area contributed by atoms with Crippen LogP contribution in [0.3, 0.4) is 0 Å². The highest BCUT2D eigenvalue weighted by molar-refractivity contribution is 7.89. The van der Waals surface area contributed by atoms with E-state index in [0.717, 1.165) is 0 Å². The number of hydrogen-bond donors (Lipinski definition) is 2. The van der Waals surface area contributed by atoms with Crippen LogP contribution in [-0.2, 0) is 10.0 Å². The summed E-state index contributed by atoms with van der Waals surface area (Å²) in [5.74, 6) is 0. The molecule has 0 atom stereocenters. The zero-order chi connectivity index (χ0) is 15.6. The summed E-state index contributed by atoms with van der Waals surface area (Å²) in [7, 11) is -3.82. The molecule has 0 aliphatic heterocycles. The second-order valence-corrected chi connectivity index (χ2v) is 7.30. The average molecular weight is 386 g/mol. The van der Waals surface area contributed by atoms with Crippen LogP contribution in [0.4, 0.5) is 5.69 Å². The first-order valence-corrected chi connectivity index (χ1v) is 8.47. The molecule has 112 valence electrons. The molecule has 2 aromatic rings. The van der Waals surface area contributed by atoms with E-state index in [4.69, 9.17) is 46.4 Å². The molecule has 0 bridgehead atoms. The van der Waals surface area contributed by atoms with Crippen LogP contribution in [0, 0.1) is 0 Å². The summed E-state index contributed by atoms with van der Waals surface area (Å²) in [5, 5.41) is 1.01. The summed E-state index contributed by atoms with van der Waals surface area (Å²) in [6.07, 6.45) is 0. The van der Waals surface area contributed by atoms with Gasteiger partial charge < -0.3 is 5.43 Å². The monoisotopic (exact) mass is 384 g/mol. The standard InChI is InChI=1S/C12H8Cl4N2O2S/c13-7-2-1-3-9(4-7)21(19,20)18-17-12-10(15)5-8(14)6-11(12)16/h1-6,17-18H. The van der Waals surface area contributed by atoms with Crippen molar-refractivity contribution >= 4 is 62.1 Å². The lowest BCUT2D eigenvalue weighted by Gasteiger charge is -2.12. The lowest BCUT2D eigenvalue weighted by molar-refractivity contribution is 0.588. The van der Waals surface area contributed by atoms with Gasteiger partial charge in [0.2, 0.25) is 0 Å². The normalized spacial score (nSPS) is 11.4. The molecular weight excluding hydrogens is 378 g/mol. The summed E-state index contributed by atoms with van der Waals surface area (Å²) in [4.78, 5) is 2.17. The van der Waals surface area contributed by atoms with E-state index in [1.165, 1.54) is 30.3 Å². The number of rotatable bonds is 4. The van der Waals surface area contributed by atoms with E-state index in [9.17, 15) is 8.42 Å². The lowest BCUT2D eigenvalue weighted by Crippen LogP contribution is -2.29. The summed E-state index contributed by atoms with van der Waals surface area (Å²) in [6, 6.07) is 8.69. The number of sulfonamides is 1. The second-order valence-electron chi connectivity index (χ2n) is 3.93. The molecule has 0 heterocycles. The fourth-order valence-electron chi connectivity index (χ4n) is 1.47. The van der Waals surface area contributed by atoms with Crippen molar-refractivity contribution in [2.75, 3.05) is 5.43 Å². The topological polar surface area (TPSA) is 58.2 Å². The van der Waals surface area contributed by atoms with E-state index in [1.54, 1.807) is 6.07 Å². The Hall–Kier alpha value is -0.690. The fraction of sp³-hybridized carbons (Fsp3) is 0. The van der Waals surface area contributed by atoms with E-state index >= 15 is 0 Å². The Labute approximate surface area is 142 Å². The van der Waals surface area contributed by atoms with E-state index in [1.807, 2.05) is 0 Å². The van der Waals surface area contributed by atoms with Crippen molar-refractivity contribution < 1.29 is 8.42 Å². The number of nitrogens with one attached hydrogen (secondary N) is 2. The minimum absolute atomic E-state index is 0.00343. The zero-order valence-electron chi connectivity index (χ0n) is 10.2. The van der Waals surface area contributed by atoms with Gasteiger partial charge in [0.1, 0.15) is 0 Å². The largest absolute Gasteiger partial charge is 0.305 e. The van der Waals surface area contributed by atoms with Gasteiger partial charge in [0.25, 0.3) is 10.0 Å². The van der Waals surface area contributed by atoms with E-state index in [2.05, 4.69) is 10.3 Å². The molecule has 0 amide bonds. The smallest absolute Gasteiger partial charge is 0.257 e. The Morgan fingerprint density at radius 2 is 1.48 bits per heavy atom. The molecule has 9 heteroatoms. The van der Waals surface area contributed by atoms with Crippen molar-refractivity contribution in [3.63, 3.8) is 0 Å². The van der Waals surface area contributed by atoms with Gasteiger partial charge in [-0.2, -0.15) is 0 Å². The fourth-order valence-corrected chi connectivity index (χ4v) is 3.53. The third-order valence-corrected chi connectivity index (χ3v) is 4.72. The van der Waals surface area contributed by atoms with Gasteiger partial charge >= 0.3 is 0 Å². The van der Waals surface area contributed by atoms with Gasteiger partial charge in [-0.25, -0.2) is 8.42 Å². The highest BCUT2D eigenvalue weighted by Gasteiger charge is 2.16. The molecule has 0 radical (unpaired) electrons. The third kappa shape index (κ3) is 4.16. The first-order chi connectivity index (χ1) is 9.79. The molecule has 0 aliphatic rings. The summed E-state index contributed by atoms with van der Waals surface area (Å²) < 4.78 is 24.2. The van der Waals surface area contributed by atoms with Gasteiger partial charge in [-0.1, -0.05) is 52.5 Å². The van der Waals surface area contributed by atoms with Gasteiger partial charge in [0.05, 0.1) is 20.6 Å². The molecule has 2 aromatic carbocycles. The highest BCUT2D eigenvalue weighted by Crippen LogP contribution is 2.33. The van der Waals surface area contributed by atoms with Gasteiger partial charge in [0, 0.05) is 10.0 Å². The van der Waals surface area contributed by atoms with Crippen LogP contribution in [0.15, 0.2) is 41.3 Å². The predicted molar refractivity (Wildman–Crippen MR) is 86.9 cm³/mol. The van der Waals surface area contributed by atoms with Gasteiger partial charge in [-0.15, -0.1) is 4.83 Å². The van der Waals surface area contributed by atoms with Gasteiger partial charge in [0.15, 0.2) is 0 Å². The SMILES string of the molecule is O=S(=O)(NNc1c(Cl)cc(Cl)cc1Cl)c1cccc(Cl)c1. The summed E-state index contributed by atoms with van der Waals surface area (Å²) >= 11 is 23.4. The minimum atomic E-state index is -3.82. The van der Waals surface area contributed by atoms with Crippen molar-refractivity contribution in [2.45, 2.75) is 4.90 Å². The molecule has 0 saturated heterocycles. The van der Waals surface area contributed by atoms with Crippen molar-refractivity contribution in [1.82, 2.24) is 4.83 Å². The van der Waals surface area contributed by atoms with Crippen LogP contribution in [0.25, 0.3) is 0 Å². The van der Waals surface area contributed by atoms with Crippen molar-refractivity contribution in [2.24, 2.45) is 0 Å². The Balaban J connectivity index is 2.24. The quantitative estimate of drug-likeness (QED) is 0.755. The first kappa shape index (κ1) is 16.7. The Bertz CT molecular complexity index is 758. The van der Waals surface area contributed by atoms with Crippen LogP contribution >= 0.6 is 46.4 Å². The summed E-state index contributed by atoms with van der Waals surface area (Å²) in [6.45, 7) is 0. The molecule has 0 spiro atoms. The van der Waals surface area contributed by atoms with Crippen LogP contribution < -0.4 is 10.3 Å². The average Bonchev–Trinajstić information content (AvgIpc) is 2.37. The van der Waals surface area contributed by atoms with Crippen LogP contribution in [0.2, 0.25) is 20.1 Å². The van der Waals surface area contributed by atoms with Crippen molar-refractivity contribution in [3.05, 3.63) is 56.5 Å². The lowest BCUT2D eigenvalue weighted by atomic mass is 10.3. The number of hydrogen-bond acceptors (Lipinski definition) is 3. The minimum Gasteiger partial charge on any atom is -0.305 e. The zero-order valence-corrected chi connectivity index (χ0v) is 14.0. The van der Waals surface area contributed by atoms with E-state index < -0.39 is 10.0 Å². The first-order valence-electron chi connectivity index (χ1n) is 5.47. The van der Waals surface area contributed by atoms with Gasteiger partial charge in [-0.05, 0) is 30.3 Å². The molecule has 0 saturated carbocycles. The second kappa shape index (κ2) is 6.60. The Kier molecular flexibility index (Phi) is 5.24. The van der Waals surface area contributed by atoms with Crippen LogP contribution in [0.1, 0.15) is 0 Å². The molecule has 0 unspecified atom stereocenters. The maximum absolute atomic E-state index is 12.1. The van der Waals surface area contributed by atoms with Crippen molar-refractivity contribution in [3.8, 4) is 0 Å². The van der Waals surface area contributed by atoms with E-state index in [0.29, 0.717) is 10.0 Å². The Morgan fingerprint density at radius 3 is 2.05 bits per heavy atom. The molecule has 0 fully saturated rings. The third-order valence-electron chi connectivity index (χ3n) is 2.42. The maximum Gasteiger partial charge on any atom is 0.257 e. The van der Waals surface area contributed by atoms with Crippen molar-refractivity contribution in [1.29, 1.82) is 0 Å². The number of anilines is 1. The number of halogens is 4. The summed E-state index contributed by atoms with van der Waals surface area (Å²) in [5.41, 5.74) is 2.67. The van der Waals surface area contributed by atoms with Crippen LogP contribution in [-0.4, -0.2) is 8.42 Å². The number of hydrazine groups is 1. The predicted octanol–water partition coefficient (Wildman–Crippen LogP) is 4.61. The maximum atomic E-state index is 12.1. The van der Waals surface area contributed by atoms with Crippen LogP contribution in [0.5, 0.6) is 0 Å². The molecule has 2 N–H and O–H groups in total. The number of benzene rings is 2. The molecule has 4 nitrogen and oxygen atoms in total. The molecular formula is C12H8Cl4N2O2S.